The van der Waals surface area contributed by atoms with Gasteiger partial charge in [-0.2, -0.15) is 13.2 Å². The number of para-hydroxylation sites is 1. The molecule has 0 atom stereocenters. The summed E-state index contributed by atoms with van der Waals surface area (Å²) in [5.41, 5.74) is -0.323. The molecule has 0 spiro atoms. The first-order chi connectivity index (χ1) is 9.38. The molecule has 0 saturated carbocycles. The minimum absolute atomic E-state index is 0.208. The largest absolute Gasteiger partial charge is 0.490 e. The van der Waals surface area contributed by atoms with Crippen LogP contribution >= 0.6 is 0 Å². The van der Waals surface area contributed by atoms with E-state index in [1.807, 2.05) is 0 Å². The zero-order chi connectivity index (χ0) is 14.8. The second kappa shape index (κ2) is 5.56. The van der Waals surface area contributed by atoms with Gasteiger partial charge in [0.1, 0.15) is 0 Å². The van der Waals surface area contributed by atoms with Crippen molar-refractivity contribution >= 4 is 24.0 Å². The minimum atomic E-state index is -4.53. The maximum Gasteiger partial charge on any atom is 0.490 e. The van der Waals surface area contributed by atoms with Gasteiger partial charge in [0.05, 0.1) is 5.56 Å². The van der Waals surface area contributed by atoms with Crippen molar-refractivity contribution in [1.82, 2.24) is 0 Å². The topological polar surface area (TPSA) is 52.5 Å². The molecule has 104 valence electrons. The van der Waals surface area contributed by atoms with Gasteiger partial charge in [0.25, 0.3) is 0 Å². The Hall–Kier alpha value is -1.99. The molecule has 2 aromatic rings. The number of rotatable bonds is 3. The van der Waals surface area contributed by atoms with Crippen LogP contribution in [0.2, 0.25) is 0 Å². The van der Waals surface area contributed by atoms with Crippen LogP contribution in [-0.2, 0) is 6.18 Å². The molecular formula is C13H11BF3NO2. The van der Waals surface area contributed by atoms with E-state index in [1.54, 1.807) is 30.3 Å². The third-order valence-corrected chi connectivity index (χ3v) is 2.71. The number of anilines is 2. The van der Waals surface area contributed by atoms with Gasteiger partial charge in [-0.3, -0.25) is 0 Å². The summed E-state index contributed by atoms with van der Waals surface area (Å²) < 4.78 is 37.8. The smallest absolute Gasteiger partial charge is 0.423 e. The molecule has 2 aromatic carbocycles. The molecule has 2 rings (SSSR count). The predicted octanol–water partition coefficient (Wildman–Crippen LogP) is 2.13. The van der Waals surface area contributed by atoms with Crippen molar-refractivity contribution in [3.8, 4) is 0 Å². The Labute approximate surface area is 113 Å². The molecule has 0 aliphatic carbocycles. The highest BCUT2D eigenvalue weighted by Crippen LogP contribution is 2.29. The molecule has 0 bridgehead atoms. The van der Waals surface area contributed by atoms with Gasteiger partial charge in [-0.25, -0.2) is 0 Å². The van der Waals surface area contributed by atoms with Gasteiger partial charge in [0.15, 0.2) is 0 Å². The molecule has 3 N–H and O–H groups in total. The third kappa shape index (κ3) is 3.31. The zero-order valence-electron chi connectivity index (χ0n) is 10.2. The van der Waals surface area contributed by atoms with Crippen LogP contribution in [0, 0.1) is 0 Å². The Bertz CT molecular complexity index is 588. The average molecular weight is 281 g/mol. The Morgan fingerprint density at radius 2 is 1.60 bits per heavy atom. The fourth-order valence-electron chi connectivity index (χ4n) is 1.74. The summed E-state index contributed by atoms with van der Waals surface area (Å²) in [5.74, 6) is 0. The van der Waals surface area contributed by atoms with Crippen LogP contribution in [0.4, 0.5) is 24.5 Å². The average Bonchev–Trinajstić information content (AvgIpc) is 2.38. The molecule has 0 heterocycles. The molecule has 0 aromatic heterocycles. The summed E-state index contributed by atoms with van der Waals surface area (Å²) in [7, 11) is -2.00. The molecule has 0 amide bonds. The molecule has 0 saturated heterocycles. The van der Waals surface area contributed by atoms with Crippen LogP contribution in [0.25, 0.3) is 0 Å². The minimum Gasteiger partial charge on any atom is -0.423 e. The van der Waals surface area contributed by atoms with Crippen molar-refractivity contribution in [2.45, 2.75) is 6.18 Å². The summed E-state index contributed by atoms with van der Waals surface area (Å²) in [4.78, 5) is 0. The van der Waals surface area contributed by atoms with E-state index in [9.17, 15) is 23.2 Å². The van der Waals surface area contributed by atoms with E-state index in [1.165, 1.54) is 6.07 Å². The van der Waals surface area contributed by atoms with Crippen LogP contribution in [0.5, 0.6) is 0 Å². The first kappa shape index (κ1) is 14.4. The van der Waals surface area contributed by atoms with E-state index in [0.717, 1.165) is 12.1 Å². The second-order valence-electron chi connectivity index (χ2n) is 4.16. The summed E-state index contributed by atoms with van der Waals surface area (Å²) >= 11 is 0. The molecule has 0 radical (unpaired) electrons. The van der Waals surface area contributed by atoms with Crippen molar-refractivity contribution in [2.24, 2.45) is 0 Å². The Balaban J connectivity index is 2.38. The van der Waals surface area contributed by atoms with Crippen molar-refractivity contribution in [1.29, 1.82) is 0 Å². The predicted molar refractivity (Wildman–Crippen MR) is 71.0 cm³/mol. The second-order valence-corrected chi connectivity index (χ2v) is 4.16. The highest BCUT2D eigenvalue weighted by atomic mass is 19.4. The van der Waals surface area contributed by atoms with Gasteiger partial charge >= 0.3 is 13.3 Å². The van der Waals surface area contributed by atoms with Gasteiger partial charge in [-0.15, -0.1) is 0 Å². The number of benzene rings is 2. The first-order valence-corrected chi connectivity index (χ1v) is 5.77. The fourth-order valence-corrected chi connectivity index (χ4v) is 1.74. The number of nitrogens with one attached hydrogen (secondary N) is 1. The highest BCUT2D eigenvalue weighted by molar-refractivity contribution is 6.60. The SMILES string of the molecule is OB(O)c1cc(C(F)(F)F)ccc1Nc1ccccc1. The lowest BCUT2D eigenvalue weighted by atomic mass is 9.78. The van der Waals surface area contributed by atoms with Crippen LogP contribution in [0.1, 0.15) is 5.56 Å². The maximum atomic E-state index is 12.6. The van der Waals surface area contributed by atoms with Crippen LogP contribution in [0.3, 0.4) is 0 Å². The molecule has 3 nitrogen and oxygen atoms in total. The van der Waals surface area contributed by atoms with E-state index >= 15 is 0 Å². The lowest BCUT2D eigenvalue weighted by molar-refractivity contribution is -0.137. The molecule has 7 heteroatoms. The highest BCUT2D eigenvalue weighted by Gasteiger charge is 2.32. The molecule has 0 unspecified atom stereocenters. The molecule has 0 aliphatic rings. The Kier molecular flexibility index (Phi) is 4.01. The first-order valence-electron chi connectivity index (χ1n) is 5.77. The van der Waals surface area contributed by atoms with E-state index in [-0.39, 0.29) is 11.2 Å². The molecule has 0 aliphatic heterocycles. The summed E-state index contributed by atoms with van der Waals surface area (Å²) in [6.07, 6.45) is -4.53. The summed E-state index contributed by atoms with van der Waals surface area (Å²) in [5, 5.41) is 21.3. The van der Waals surface area contributed by atoms with E-state index in [0.29, 0.717) is 5.69 Å². The van der Waals surface area contributed by atoms with Crippen LogP contribution < -0.4 is 10.8 Å². The summed E-state index contributed by atoms with van der Waals surface area (Å²) in [6, 6.07) is 11.5. The molecular weight excluding hydrogens is 270 g/mol. The number of halogens is 3. The van der Waals surface area contributed by atoms with E-state index < -0.39 is 18.9 Å². The third-order valence-electron chi connectivity index (χ3n) is 2.71. The Morgan fingerprint density at radius 1 is 0.950 bits per heavy atom. The lowest BCUT2D eigenvalue weighted by Gasteiger charge is -2.14. The summed E-state index contributed by atoms with van der Waals surface area (Å²) in [6.45, 7) is 0. The monoisotopic (exact) mass is 281 g/mol. The van der Waals surface area contributed by atoms with Crippen LogP contribution in [-0.4, -0.2) is 17.2 Å². The van der Waals surface area contributed by atoms with Crippen molar-refractivity contribution in [3.05, 3.63) is 54.1 Å². The fraction of sp³-hybridized carbons (Fsp3) is 0.0769. The van der Waals surface area contributed by atoms with Crippen molar-refractivity contribution < 1.29 is 23.2 Å². The number of alkyl halides is 3. The quantitative estimate of drug-likeness (QED) is 0.755. The van der Waals surface area contributed by atoms with Crippen molar-refractivity contribution in [2.75, 3.05) is 5.32 Å². The number of hydrogen-bond donors (Lipinski definition) is 3. The molecule has 20 heavy (non-hydrogen) atoms. The van der Waals surface area contributed by atoms with Gasteiger partial charge in [-0.1, -0.05) is 18.2 Å². The van der Waals surface area contributed by atoms with E-state index in [2.05, 4.69) is 5.32 Å². The van der Waals surface area contributed by atoms with Gasteiger partial charge < -0.3 is 15.4 Å². The van der Waals surface area contributed by atoms with E-state index in [4.69, 9.17) is 0 Å². The normalized spacial score (nSPS) is 11.2. The Morgan fingerprint density at radius 3 is 2.15 bits per heavy atom. The maximum absolute atomic E-state index is 12.6. The van der Waals surface area contributed by atoms with Crippen LogP contribution in [0.15, 0.2) is 48.5 Å². The van der Waals surface area contributed by atoms with Gasteiger partial charge in [0.2, 0.25) is 0 Å². The standard InChI is InChI=1S/C13H11BF3NO2/c15-13(16,17)9-6-7-12(11(8-9)14(19)20)18-10-4-2-1-3-5-10/h1-8,18-20H. The van der Waals surface area contributed by atoms with Crippen molar-refractivity contribution in [3.63, 3.8) is 0 Å². The van der Waals surface area contributed by atoms with Gasteiger partial charge in [0, 0.05) is 16.8 Å². The van der Waals surface area contributed by atoms with Gasteiger partial charge in [-0.05, 0) is 30.3 Å². The number of hydrogen-bond acceptors (Lipinski definition) is 3. The lowest BCUT2D eigenvalue weighted by Crippen LogP contribution is -2.33. The molecule has 0 fully saturated rings. The zero-order valence-corrected chi connectivity index (χ0v) is 10.2.